The second kappa shape index (κ2) is 5.12. The van der Waals surface area contributed by atoms with E-state index >= 15 is 0 Å². The van der Waals surface area contributed by atoms with Crippen molar-refractivity contribution in [1.29, 1.82) is 0 Å². The predicted octanol–water partition coefficient (Wildman–Crippen LogP) is 3.51. The summed E-state index contributed by atoms with van der Waals surface area (Å²) in [5.74, 6) is 0.177. The Morgan fingerprint density at radius 1 is 1.59 bits per heavy atom. The molecular formula is C10H7BrClN3OS. The summed E-state index contributed by atoms with van der Waals surface area (Å²) in [4.78, 5) is 20.1. The fourth-order valence-electron chi connectivity index (χ4n) is 1.15. The number of hydrogen-bond acceptors (Lipinski definition) is 4. The molecule has 4 nitrogen and oxygen atoms in total. The number of hydrogen-bond donors (Lipinski definition) is 1. The molecule has 17 heavy (non-hydrogen) atoms. The number of aromatic nitrogens is 2. The third-order valence-corrected chi connectivity index (χ3v) is 4.27. The first kappa shape index (κ1) is 12.5. The normalized spacial score (nSPS) is 10.3. The Morgan fingerprint density at radius 3 is 2.94 bits per heavy atom. The van der Waals surface area contributed by atoms with Crippen LogP contribution >= 0.6 is 38.9 Å². The monoisotopic (exact) mass is 331 g/mol. The quantitative estimate of drug-likeness (QED) is 0.856. The lowest BCUT2D eigenvalue weighted by molar-refractivity contribution is 0.103. The molecule has 0 aliphatic carbocycles. The van der Waals surface area contributed by atoms with Crippen LogP contribution in [0.5, 0.6) is 0 Å². The van der Waals surface area contributed by atoms with Gasteiger partial charge in [0.05, 0.1) is 8.66 Å². The van der Waals surface area contributed by atoms with Gasteiger partial charge in [0, 0.05) is 6.20 Å². The van der Waals surface area contributed by atoms with E-state index in [1.165, 1.54) is 17.5 Å². The summed E-state index contributed by atoms with van der Waals surface area (Å²) in [5, 5.41) is 2.76. The summed E-state index contributed by atoms with van der Waals surface area (Å²) in [6, 6.07) is 3.40. The van der Waals surface area contributed by atoms with Gasteiger partial charge >= 0.3 is 0 Å². The van der Waals surface area contributed by atoms with Crippen LogP contribution in [-0.4, -0.2) is 15.9 Å². The highest BCUT2D eigenvalue weighted by Gasteiger charge is 2.12. The minimum absolute atomic E-state index is 0.103. The summed E-state index contributed by atoms with van der Waals surface area (Å²) in [6.45, 7) is 1.93. The van der Waals surface area contributed by atoms with Crippen molar-refractivity contribution in [3.05, 3.63) is 37.8 Å². The standard InChI is InChI=1S/C10H7BrClN3OS/c1-5-4-6(17-8(5)11)9(16)14-7-2-3-13-10(12)15-7/h2-4H,1H3,(H,13,14,15,16). The molecule has 0 radical (unpaired) electrons. The van der Waals surface area contributed by atoms with Crippen molar-refractivity contribution in [2.45, 2.75) is 6.92 Å². The summed E-state index contributed by atoms with van der Waals surface area (Å²) in [6.07, 6.45) is 1.49. The Balaban J connectivity index is 2.17. The Morgan fingerprint density at radius 2 is 2.35 bits per heavy atom. The van der Waals surface area contributed by atoms with E-state index in [-0.39, 0.29) is 11.2 Å². The number of halogens is 2. The van der Waals surface area contributed by atoms with Gasteiger partial charge in [-0.05, 0) is 52.2 Å². The number of carbonyl (C=O) groups is 1. The predicted molar refractivity (Wildman–Crippen MR) is 71.8 cm³/mol. The van der Waals surface area contributed by atoms with Crippen molar-refractivity contribution in [3.8, 4) is 0 Å². The molecule has 0 fully saturated rings. The van der Waals surface area contributed by atoms with Gasteiger partial charge < -0.3 is 5.32 Å². The van der Waals surface area contributed by atoms with Gasteiger partial charge in [-0.25, -0.2) is 9.97 Å². The first-order valence-corrected chi connectivity index (χ1v) is 6.61. The second-order valence-electron chi connectivity index (χ2n) is 3.23. The van der Waals surface area contributed by atoms with E-state index in [0.29, 0.717) is 10.7 Å². The number of nitrogens with one attached hydrogen (secondary N) is 1. The van der Waals surface area contributed by atoms with E-state index in [0.717, 1.165) is 9.35 Å². The molecule has 88 valence electrons. The van der Waals surface area contributed by atoms with E-state index in [4.69, 9.17) is 11.6 Å². The first-order chi connectivity index (χ1) is 8.06. The minimum Gasteiger partial charge on any atom is -0.306 e. The Kier molecular flexibility index (Phi) is 3.76. The third-order valence-electron chi connectivity index (χ3n) is 1.95. The average molecular weight is 333 g/mol. The van der Waals surface area contributed by atoms with Crippen LogP contribution in [0.2, 0.25) is 5.28 Å². The van der Waals surface area contributed by atoms with Crippen LogP contribution in [0.1, 0.15) is 15.2 Å². The fourth-order valence-corrected chi connectivity index (χ4v) is 2.73. The van der Waals surface area contributed by atoms with Crippen molar-refractivity contribution in [1.82, 2.24) is 9.97 Å². The zero-order chi connectivity index (χ0) is 12.4. The highest BCUT2D eigenvalue weighted by molar-refractivity contribution is 9.11. The highest BCUT2D eigenvalue weighted by Crippen LogP contribution is 2.27. The van der Waals surface area contributed by atoms with Crippen LogP contribution in [0.3, 0.4) is 0 Å². The highest BCUT2D eigenvalue weighted by atomic mass is 79.9. The largest absolute Gasteiger partial charge is 0.306 e. The van der Waals surface area contributed by atoms with Gasteiger partial charge in [-0.3, -0.25) is 4.79 Å². The molecule has 2 aromatic heterocycles. The summed E-state index contributed by atoms with van der Waals surface area (Å²) >= 11 is 10.4. The Bertz CT molecular complexity index is 553. The van der Waals surface area contributed by atoms with Crippen LogP contribution in [0, 0.1) is 6.92 Å². The van der Waals surface area contributed by atoms with Crippen molar-refractivity contribution in [2.24, 2.45) is 0 Å². The minimum atomic E-state index is -0.210. The van der Waals surface area contributed by atoms with Gasteiger partial charge in [-0.2, -0.15) is 0 Å². The lowest BCUT2D eigenvalue weighted by atomic mass is 10.3. The first-order valence-electron chi connectivity index (χ1n) is 4.62. The smallest absolute Gasteiger partial charge is 0.266 e. The van der Waals surface area contributed by atoms with Crippen LogP contribution in [0.4, 0.5) is 5.82 Å². The maximum atomic E-state index is 11.9. The number of amides is 1. The molecule has 0 spiro atoms. The van der Waals surface area contributed by atoms with Crippen molar-refractivity contribution in [2.75, 3.05) is 5.32 Å². The third kappa shape index (κ3) is 3.02. The molecule has 1 amide bonds. The molecule has 0 aliphatic rings. The number of rotatable bonds is 2. The maximum Gasteiger partial charge on any atom is 0.266 e. The van der Waals surface area contributed by atoms with Crippen molar-refractivity contribution in [3.63, 3.8) is 0 Å². The van der Waals surface area contributed by atoms with Gasteiger partial charge in [0.2, 0.25) is 5.28 Å². The summed E-state index contributed by atoms with van der Waals surface area (Å²) in [5.41, 5.74) is 1.03. The van der Waals surface area contributed by atoms with Gasteiger partial charge in [0.1, 0.15) is 5.82 Å². The Labute approximate surface area is 115 Å². The number of thiophene rings is 1. The number of nitrogens with zero attached hydrogens (tertiary/aromatic N) is 2. The molecule has 7 heteroatoms. The van der Waals surface area contributed by atoms with Crippen LogP contribution < -0.4 is 5.32 Å². The van der Waals surface area contributed by atoms with Gasteiger partial charge in [0.25, 0.3) is 5.91 Å². The molecule has 0 atom stereocenters. The number of anilines is 1. The van der Waals surface area contributed by atoms with E-state index in [9.17, 15) is 4.79 Å². The number of carbonyl (C=O) groups excluding carboxylic acids is 1. The molecule has 2 aromatic rings. The average Bonchev–Trinajstić information content (AvgIpc) is 2.59. The summed E-state index contributed by atoms with van der Waals surface area (Å²) < 4.78 is 0.948. The van der Waals surface area contributed by atoms with Crippen LogP contribution in [0.15, 0.2) is 22.1 Å². The SMILES string of the molecule is Cc1cc(C(=O)Nc2ccnc(Cl)n2)sc1Br. The molecule has 2 heterocycles. The van der Waals surface area contributed by atoms with E-state index in [1.807, 2.05) is 13.0 Å². The molecule has 0 saturated carbocycles. The zero-order valence-electron chi connectivity index (χ0n) is 8.70. The fraction of sp³-hybridized carbons (Fsp3) is 0.100. The molecule has 0 bridgehead atoms. The molecule has 0 aromatic carbocycles. The van der Waals surface area contributed by atoms with Crippen LogP contribution in [0.25, 0.3) is 0 Å². The van der Waals surface area contributed by atoms with Crippen LogP contribution in [-0.2, 0) is 0 Å². The molecule has 0 unspecified atom stereocenters. The van der Waals surface area contributed by atoms with E-state index in [1.54, 1.807) is 6.07 Å². The van der Waals surface area contributed by atoms with Crippen molar-refractivity contribution < 1.29 is 4.79 Å². The van der Waals surface area contributed by atoms with Gasteiger partial charge in [-0.15, -0.1) is 11.3 Å². The molecule has 0 aliphatic heterocycles. The topological polar surface area (TPSA) is 54.9 Å². The molecule has 0 saturated heterocycles. The van der Waals surface area contributed by atoms with E-state index in [2.05, 4.69) is 31.2 Å². The maximum absolute atomic E-state index is 11.9. The van der Waals surface area contributed by atoms with E-state index < -0.39 is 0 Å². The van der Waals surface area contributed by atoms with Crippen molar-refractivity contribution >= 4 is 50.6 Å². The molecular weight excluding hydrogens is 326 g/mol. The molecule has 2 rings (SSSR count). The lowest BCUT2D eigenvalue weighted by Crippen LogP contribution is -2.11. The lowest BCUT2D eigenvalue weighted by Gasteiger charge is -2.01. The molecule has 1 N–H and O–H groups in total. The van der Waals surface area contributed by atoms with Gasteiger partial charge in [0.15, 0.2) is 0 Å². The number of aryl methyl sites for hydroxylation is 1. The zero-order valence-corrected chi connectivity index (χ0v) is 11.9. The Hall–Kier alpha value is -0.980. The second-order valence-corrected chi connectivity index (χ2v) is 5.94. The summed E-state index contributed by atoms with van der Waals surface area (Å²) in [7, 11) is 0. The van der Waals surface area contributed by atoms with Gasteiger partial charge in [-0.1, -0.05) is 0 Å².